The minimum Gasteiger partial charge on any atom is -0.325 e. The SMILES string of the molecule is N#CCc1ccc(NC(=O)CN(Cc2cccc(Cl)c2)S(=O)(=O)c2ccc(Cl)cc2)cc1. The molecule has 0 saturated heterocycles. The molecule has 0 aliphatic rings. The van der Waals surface area contributed by atoms with E-state index in [4.69, 9.17) is 28.5 Å². The molecule has 0 unspecified atom stereocenters. The van der Waals surface area contributed by atoms with Crippen molar-refractivity contribution in [3.05, 3.63) is 94.0 Å². The number of hydrogen-bond acceptors (Lipinski definition) is 4. The van der Waals surface area contributed by atoms with Crippen molar-refractivity contribution >= 4 is 44.8 Å². The molecule has 0 aliphatic heterocycles. The van der Waals surface area contributed by atoms with E-state index in [-0.39, 0.29) is 17.9 Å². The van der Waals surface area contributed by atoms with Gasteiger partial charge in [-0.05, 0) is 59.7 Å². The third-order valence-electron chi connectivity index (χ3n) is 4.54. The Balaban J connectivity index is 1.83. The molecule has 0 aromatic heterocycles. The fourth-order valence-electron chi connectivity index (χ4n) is 2.98. The second kappa shape index (κ2) is 10.6. The number of nitrogens with one attached hydrogen (secondary N) is 1. The summed E-state index contributed by atoms with van der Waals surface area (Å²) in [4.78, 5) is 12.7. The van der Waals surface area contributed by atoms with Crippen LogP contribution in [0.1, 0.15) is 11.1 Å². The summed E-state index contributed by atoms with van der Waals surface area (Å²) in [6.07, 6.45) is 0.265. The molecule has 0 bridgehead atoms. The summed E-state index contributed by atoms with van der Waals surface area (Å²) in [6, 6.07) is 21.4. The van der Waals surface area contributed by atoms with Crippen molar-refractivity contribution in [3.8, 4) is 6.07 Å². The van der Waals surface area contributed by atoms with Crippen molar-refractivity contribution in [1.82, 2.24) is 4.31 Å². The van der Waals surface area contributed by atoms with E-state index < -0.39 is 22.5 Å². The van der Waals surface area contributed by atoms with E-state index in [1.807, 2.05) is 0 Å². The largest absolute Gasteiger partial charge is 0.325 e. The number of nitriles is 1. The Morgan fingerprint density at radius 1 is 0.938 bits per heavy atom. The number of anilines is 1. The number of hydrogen-bond donors (Lipinski definition) is 1. The van der Waals surface area contributed by atoms with Gasteiger partial charge in [0.25, 0.3) is 0 Å². The van der Waals surface area contributed by atoms with Gasteiger partial charge in [0, 0.05) is 22.3 Å². The first kappa shape index (κ1) is 23.8. The molecule has 0 atom stereocenters. The summed E-state index contributed by atoms with van der Waals surface area (Å²) < 4.78 is 27.6. The van der Waals surface area contributed by atoms with Gasteiger partial charge in [-0.15, -0.1) is 0 Å². The summed E-state index contributed by atoms with van der Waals surface area (Å²) in [7, 11) is -4.00. The summed E-state index contributed by atoms with van der Waals surface area (Å²) in [5.74, 6) is -0.502. The van der Waals surface area contributed by atoms with Crippen LogP contribution in [-0.2, 0) is 27.8 Å². The maximum atomic E-state index is 13.3. The van der Waals surface area contributed by atoms with Crippen molar-refractivity contribution in [3.63, 3.8) is 0 Å². The normalized spacial score (nSPS) is 11.2. The van der Waals surface area contributed by atoms with Crippen LogP contribution in [0.3, 0.4) is 0 Å². The standard InChI is InChI=1S/C23H19Cl2N3O3S/c24-19-6-10-22(11-7-19)32(30,31)28(15-18-2-1-3-20(25)14-18)16-23(29)27-21-8-4-17(5-9-21)12-13-26/h1-11,14H,12,15-16H2,(H,27,29). The zero-order chi connectivity index (χ0) is 23.1. The maximum Gasteiger partial charge on any atom is 0.243 e. The quantitative estimate of drug-likeness (QED) is 0.489. The Kier molecular flexibility index (Phi) is 7.89. The Labute approximate surface area is 197 Å². The zero-order valence-electron chi connectivity index (χ0n) is 16.8. The van der Waals surface area contributed by atoms with Crippen LogP contribution in [0.25, 0.3) is 0 Å². The molecule has 0 fully saturated rings. The smallest absolute Gasteiger partial charge is 0.243 e. The molecule has 0 aliphatic carbocycles. The van der Waals surface area contributed by atoms with Crippen molar-refractivity contribution in [2.75, 3.05) is 11.9 Å². The predicted octanol–water partition coefficient (Wildman–Crippen LogP) is 4.89. The van der Waals surface area contributed by atoms with E-state index in [9.17, 15) is 13.2 Å². The molecule has 0 saturated carbocycles. The molecule has 1 amide bonds. The highest BCUT2D eigenvalue weighted by atomic mass is 35.5. The Bertz CT molecular complexity index is 1240. The van der Waals surface area contributed by atoms with Gasteiger partial charge >= 0.3 is 0 Å². The fourth-order valence-corrected chi connectivity index (χ4v) is 4.70. The number of halogens is 2. The second-order valence-corrected chi connectivity index (χ2v) is 9.75. The molecule has 0 spiro atoms. The van der Waals surface area contributed by atoms with Crippen LogP contribution in [0, 0.1) is 11.3 Å². The van der Waals surface area contributed by atoms with Gasteiger partial charge in [0.1, 0.15) is 0 Å². The lowest BCUT2D eigenvalue weighted by Crippen LogP contribution is -2.37. The fraction of sp³-hybridized carbons (Fsp3) is 0.130. The first-order chi connectivity index (χ1) is 15.3. The van der Waals surface area contributed by atoms with Crippen molar-refractivity contribution in [1.29, 1.82) is 5.26 Å². The van der Waals surface area contributed by atoms with E-state index in [2.05, 4.69) is 11.4 Å². The summed E-state index contributed by atoms with van der Waals surface area (Å²) in [6.45, 7) is -0.447. The van der Waals surface area contributed by atoms with Gasteiger partial charge in [0.2, 0.25) is 15.9 Å². The molecule has 9 heteroatoms. The average Bonchev–Trinajstić information content (AvgIpc) is 2.75. The van der Waals surface area contributed by atoms with Crippen LogP contribution < -0.4 is 5.32 Å². The lowest BCUT2D eigenvalue weighted by Gasteiger charge is -2.22. The monoisotopic (exact) mass is 487 g/mol. The van der Waals surface area contributed by atoms with Crippen LogP contribution in [-0.4, -0.2) is 25.2 Å². The van der Waals surface area contributed by atoms with Gasteiger partial charge in [-0.3, -0.25) is 4.79 Å². The minimum absolute atomic E-state index is 0.0255. The molecule has 6 nitrogen and oxygen atoms in total. The van der Waals surface area contributed by atoms with Crippen LogP contribution >= 0.6 is 23.2 Å². The number of carbonyl (C=O) groups is 1. The Hall–Kier alpha value is -2.89. The zero-order valence-corrected chi connectivity index (χ0v) is 19.2. The summed E-state index contributed by atoms with van der Waals surface area (Å²) in [5, 5.41) is 12.3. The number of nitrogens with zero attached hydrogens (tertiary/aromatic N) is 2. The second-order valence-electron chi connectivity index (χ2n) is 6.94. The Morgan fingerprint density at radius 2 is 1.62 bits per heavy atom. The molecule has 0 heterocycles. The third-order valence-corrected chi connectivity index (χ3v) is 6.83. The number of rotatable bonds is 8. The van der Waals surface area contributed by atoms with Gasteiger partial charge in [0.15, 0.2) is 0 Å². The highest BCUT2D eigenvalue weighted by molar-refractivity contribution is 7.89. The lowest BCUT2D eigenvalue weighted by molar-refractivity contribution is -0.116. The van der Waals surface area contributed by atoms with Crippen molar-refractivity contribution in [2.24, 2.45) is 0 Å². The van der Waals surface area contributed by atoms with Crippen LogP contribution in [0.2, 0.25) is 10.0 Å². The molecule has 32 heavy (non-hydrogen) atoms. The van der Waals surface area contributed by atoms with Gasteiger partial charge < -0.3 is 5.32 Å². The molecule has 0 radical (unpaired) electrons. The van der Waals surface area contributed by atoms with Crippen molar-refractivity contribution < 1.29 is 13.2 Å². The van der Waals surface area contributed by atoms with E-state index in [0.29, 0.717) is 21.3 Å². The topological polar surface area (TPSA) is 90.3 Å². The van der Waals surface area contributed by atoms with E-state index >= 15 is 0 Å². The molecule has 3 rings (SSSR count). The summed E-state index contributed by atoms with van der Waals surface area (Å²) in [5.41, 5.74) is 1.96. The first-order valence-corrected chi connectivity index (χ1v) is 11.7. The lowest BCUT2D eigenvalue weighted by atomic mass is 10.1. The number of benzene rings is 3. The first-order valence-electron chi connectivity index (χ1n) is 9.54. The van der Waals surface area contributed by atoms with Gasteiger partial charge in [-0.2, -0.15) is 9.57 Å². The molecule has 3 aromatic rings. The Morgan fingerprint density at radius 3 is 2.25 bits per heavy atom. The van der Waals surface area contributed by atoms with Crippen LogP contribution in [0.5, 0.6) is 0 Å². The summed E-state index contributed by atoms with van der Waals surface area (Å²) >= 11 is 11.9. The molecular formula is C23H19Cl2N3O3S. The van der Waals surface area contributed by atoms with E-state index in [1.165, 1.54) is 24.3 Å². The third kappa shape index (κ3) is 6.31. The maximum absolute atomic E-state index is 13.3. The molecule has 1 N–H and O–H groups in total. The van der Waals surface area contributed by atoms with Crippen LogP contribution in [0.15, 0.2) is 77.7 Å². The average molecular weight is 488 g/mol. The number of amides is 1. The van der Waals surface area contributed by atoms with Gasteiger partial charge in [-0.1, -0.05) is 47.5 Å². The highest BCUT2D eigenvalue weighted by Gasteiger charge is 2.27. The van der Waals surface area contributed by atoms with Gasteiger partial charge in [-0.25, -0.2) is 8.42 Å². The van der Waals surface area contributed by atoms with Crippen LogP contribution in [0.4, 0.5) is 5.69 Å². The van der Waals surface area contributed by atoms with Gasteiger partial charge in [0.05, 0.1) is 23.9 Å². The molecule has 3 aromatic carbocycles. The number of sulfonamides is 1. The minimum atomic E-state index is -4.00. The van der Waals surface area contributed by atoms with E-state index in [0.717, 1.165) is 9.87 Å². The molecular weight excluding hydrogens is 469 g/mol. The number of carbonyl (C=O) groups excluding carboxylic acids is 1. The van der Waals surface area contributed by atoms with E-state index in [1.54, 1.807) is 48.5 Å². The molecule has 164 valence electrons. The predicted molar refractivity (Wildman–Crippen MR) is 125 cm³/mol. The highest BCUT2D eigenvalue weighted by Crippen LogP contribution is 2.22. The van der Waals surface area contributed by atoms with Crippen molar-refractivity contribution in [2.45, 2.75) is 17.9 Å².